The molecule has 0 bridgehead atoms. The summed E-state index contributed by atoms with van der Waals surface area (Å²) < 4.78 is 10.7. The molecule has 1 aromatic carbocycles. The lowest BCUT2D eigenvalue weighted by Gasteiger charge is -2.14. The van der Waals surface area contributed by atoms with E-state index in [1.54, 1.807) is 7.11 Å². The Balaban J connectivity index is 2.56. The lowest BCUT2D eigenvalue weighted by molar-refractivity contribution is 0.0920. The van der Waals surface area contributed by atoms with Crippen molar-refractivity contribution >= 4 is 0 Å². The van der Waals surface area contributed by atoms with E-state index in [0.29, 0.717) is 6.61 Å². The van der Waals surface area contributed by atoms with Gasteiger partial charge in [0.2, 0.25) is 0 Å². The van der Waals surface area contributed by atoms with E-state index in [-0.39, 0.29) is 6.10 Å². The first-order valence-electron chi connectivity index (χ1n) is 5.15. The molecule has 0 spiro atoms. The molecule has 0 heterocycles. The topological polar surface area (TPSA) is 30.5 Å². The van der Waals surface area contributed by atoms with Gasteiger partial charge in [0, 0.05) is 13.7 Å². The summed E-state index contributed by atoms with van der Waals surface area (Å²) in [5, 5.41) is 3.11. The van der Waals surface area contributed by atoms with Crippen LogP contribution in [0.4, 0.5) is 0 Å². The van der Waals surface area contributed by atoms with E-state index < -0.39 is 0 Å². The minimum Gasteiger partial charge on any atom is -0.488 e. The van der Waals surface area contributed by atoms with Crippen molar-refractivity contribution in [2.45, 2.75) is 19.6 Å². The predicted octanol–water partition coefficient (Wildman–Crippen LogP) is 1.82. The molecule has 1 N–H and O–H groups in total. The van der Waals surface area contributed by atoms with Crippen molar-refractivity contribution in [2.75, 3.05) is 20.8 Å². The quantitative estimate of drug-likeness (QED) is 0.775. The summed E-state index contributed by atoms with van der Waals surface area (Å²) in [6.45, 7) is 3.46. The van der Waals surface area contributed by atoms with E-state index >= 15 is 0 Å². The number of hydrogen-bond acceptors (Lipinski definition) is 3. The van der Waals surface area contributed by atoms with Crippen molar-refractivity contribution in [3.05, 3.63) is 29.8 Å². The van der Waals surface area contributed by atoms with Gasteiger partial charge in [-0.15, -0.1) is 0 Å². The van der Waals surface area contributed by atoms with Crippen molar-refractivity contribution in [2.24, 2.45) is 0 Å². The highest BCUT2D eigenvalue weighted by atomic mass is 16.5. The Morgan fingerprint density at radius 1 is 1.40 bits per heavy atom. The van der Waals surface area contributed by atoms with Crippen molar-refractivity contribution in [1.82, 2.24) is 5.32 Å². The Hall–Kier alpha value is -1.06. The molecule has 0 aliphatic heterocycles. The molecule has 1 unspecified atom stereocenters. The summed E-state index contributed by atoms with van der Waals surface area (Å²) in [4.78, 5) is 0. The molecule has 1 aromatic rings. The van der Waals surface area contributed by atoms with Gasteiger partial charge in [0.25, 0.3) is 0 Å². The van der Waals surface area contributed by atoms with Crippen LogP contribution >= 0.6 is 0 Å². The number of ether oxygens (including phenoxy) is 2. The fourth-order valence-electron chi connectivity index (χ4n) is 1.43. The highest BCUT2D eigenvalue weighted by Crippen LogP contribution is 2.14. The van der Waals surface area contributed by atoms with Crippen molar-refractivity contribution in [1.29, 1.82) is 0 Å². The van der Waals surface area contributed by atoms with Crippen LogP contribution in [0.2, 0.25) is 0 Å². The maximum atomic E-state index is 5.69. The molecule has 0 saturated heterocycles. The van der Waals surface area contributed by atoms with E-state index in [0.717, 1.165) is 12.3 Å². The standard InChI is InChI=1S/C12H19NO2/c1-10(9-14-3)15-12-6-4-5-11(7-12)8-13-2/h4-7,10,13H,8-9H2,1-3H3. The molecule has 0 amide bonds. The van der Waals surface area contributed by atoms with Crippen LogP contribution < -0.4 is 10.1 Å². The largest absolute Gasteiger partial charge is 0.488 e. The monoisotopic (exact) mass is 209 g/mol. The maximum Gasteiger partial charge on any atom is 0.120 e. The summed E-state index contributed by atoms with van der Waals surface area (Å²) >= 11 is 0. The molecule has 3 nitrogen and oxygen atoms in total. The molecular weight excluding hydrogens is 190 g/mol. The van der Waals surface area contributed by atoms with Gasteiger partial charge in [-0.05, 0) is 31.7 Å². The van der Waals surface area contributed by atoms with Crippen LogP contribution in [0.3, 0.4) is 0 Å². The summed E-state index contributed by atoms with van der Waals surface area (Å²) in [6, 6.07) is 8.08. The molecule has 0 fully saturated rings. The zero-order valence-electron chi connectivity index (χ0n) is 9.62. The lowest BCUT2D eigenvalue weighted by atomic mass is 10.2. The van der Waals surface area contributed by atoms with Gasteiger partial charge >= 0.3 is 0 Å². The lowest BCUT2D eigenvalue weighted by Crippen LogP contribution is -2.18. The first kappa shape index (κ1) is 12.0. The van der Waals surface area contributed by atoms with Gasteiger partial charge in [0.15, 0.2) is 0 Å². The minimum absolute atomic E-state index is 0.0832. The number of hydrogen-bond donors (Lipinski definition) is 1. The number of methoxy groups -OCH3 is 1. The number of benzene rings is 1. The average Bonchev–Trinajstić information content (AvgIpc) is 2.19. The summed E-state index contributed by atoms with van der Waals surface area (Å²) in [6.07, 6.45) is 0.0832. The molecule has 0 aliphatic rings. The molecule has 0 aliphatic carbocycles. The van der Waals surface area contributed by atoms with Crippen LogP contribution in [-0.2, 0) is 11.3 Å². The minimum atomic E-state index is 0.0832. The van der Waals surface area contributed by atoms with Crippen LogP contribution in [0.15, 0.2) is 24.3 Å². The Kier molecular flexibility index (Phi) is 5.15. The van der Waals surface area contributed by atoms with Gasteiger partial charge in [-0.25, -0.2) is 0 Å². The van der Waals surface area contributed by atoms with E-state index in [1.807, 2.05) is 32.2 Å². The second kappa shape index (κ2) is 6.43. The molecule has 1 atom stereocenters. The van der Waals surface area contributed by atoms with E-state index in [2.05, 4.69) is 11.4 Å². The Morgan fingerprint density at radius 3 is 2.87 bits per heavy atom. The zero-order valence-corrected chi connectivity index (χ0v) is 9.62. The van der Waals surface area contributed by atoms with Crippen LogP contribution in [0.25, 0.3) is 0 Å². The molecule has 0 saturated carbocycles. The van der Waals surface area contributed by atoms with Gasteiger partial charge in [0.1, 0.15) is 11.9 Å². The maximum absolute atomic E-state index is 5.69. The molecule has 15 heavy (non-hydrogen) atoms. The first-order chi connectivity index (χ1) is 7.26. The first-order valence-corrected chi connectivity index (χ1v) is 5.15. The van der Waals surface area contributed by atoms with Gasteiger partial charge in [-0.2, -0.15) is 0 Å². The van der Waals surface area contributed by atoms with E-state index in [1.165, 1.54) is 5.56 Å². The molecule has 1 rings (SSSR count). The van der Waals surface area contributed by atoms with Crippen LogP contribution in [0, 0.1) is 0 Å². The molecule has 3 heteroatoms. The smallest absolute Gasteiger partial charge is 0.120 e. The highest BCUT2D eigenvalue weighted by Gasteiger charge is 2.03. The summed E-state index contributed by atoms with van der Waals surface area (Å²) in [5.41, 5.74) is 1.22. The van der Waals surface area contributed by atoms with Crippen LogP contribution in [0.1, 0.15) is 12.5 Å². The molecular formula is C12H19NO2. The predicted molar refractivity (Wildman–Crippen MR) is 61.2 cm³/mol. The Bertz CT molecular complexity index is 289. The van der Waals surface area contributed by atoms with E-state index in [4.69, 9.17) is 9.47 Å². The fraction of sp³-hybridized carbons (Fsp3) is 0.500. The molecule has 84 valence electrons. The number of nitrogens with one attached hydrogen (secondary N) is 1. The van der Waals surface area contributed by atoms with Crippen LogP contribution in [0.5, 0.6) is 5.75 Å². The third kappa shape index (κ3) is 4.32. The summed E-state index contributed by atoms with van der Waals surface area (Å²) in [5.74, 6) is 0.896. The Labute approximate surface area is 91.4 Å². The highest BCUT2D eigenvalue weighted by molar-refractivity contribution is 5.28. The van der Waals surface area contributed by atoms with Crippen molar-refractivity contribution in [3.63, 3.8) is 0 Å². The molecule has 0 radical (unpaired) electrons. The normalized spacial score (nSPS) is 12.5. The second-order valence-corrected chi connectivity index (χ2v) is 3.56. The molecule has 0 aromatic heterocycles. The van der Waals surface area contributed by atoms with E-state index in [9.17, 15) is 0 Å². The Morgan fingerprint density at radius 2 is 2.20 bits per heavy atom. The third-order valence-corrected chi connectivity index (χ3v) is 2.02. The van der Waals surface area contributed by atoms with Crippen LogP contribution in [-0.4, -0.2) is 26.9 Å². The zero-order chi connectivity index (χ0) is 11.1. The van der Waals surface area contributed by atoms with Gasteiger partial charge in [0.05, 0.1) is 6.61 Å². The fourth-order valence-corrected chi connectivity index (χ4v) is 1.43. The van der Waals surface area contributed by atoms with Crippen molar-refractivity contribution < 1.29 is 9.47 Å². The third-order valence-electron chi connectivity index (χ3n) is 2.02. The number of rotatable bonds is 6. The average molecular weight is 209 g/mol. The van der Waals surface area contributed by atoms with Gasteiger partial charge in [-0.1, -0.05) is 12.1 Å². The van der Waals surface area contributed by atoms with Crippen molar-refractivity contribution in [3.8, 4) is 5.75 Å². The summed E-state index contributed by atoms with van der Waals surface area (Å²) in [7, 11) is 3.61. The van der Waals surface area contributed by atoms with Gasteiger partial charge in [-0.3, -0.25) is 0 Å². The second-order valence-electron chi connectivity index (χ2n) is 3.56. The van der Waals surface area contributed by atoms with Gasteiger partial charge < -0.3 is 14.8 Å². The SMILES string of the molecule is CNCc1cccc(OC(C)COC)c1.